The predicted molar refractivity (Wildman–Crippen MR) is 101 cm³/mol. The van der Waals surface area contributed by atoms with Crippen molar-refractivity contribution < 1.29 is 34.4 Å². The average molecular weight is 389 g/mol. The van der Waals surface area contributed by atoms with Crippen molar-refractivity contribution in [1.82, 2.24) is 5.32 Å². The van der Waals surface area contributed by atoms with Crippen LogP contribution in [0.5, 0.6) is 11.5 Å². The van der Waals surface area contributed by atoms with E-state index in [1.165, 1.54) is 31.2 Å². The summed E-state index contributed by atoms with van der Waals surface area (Å²) in [7, 11) is 0. The molecule has 0 aromatic heterocycles. The molecule has 0 aliphatic carbocycles. The van der Waals surface area contributed by atoms with E-state index in [1.54, 1.807) is 6.92 Å². The van der Waals surface area contributed by atoms with Crippen LogP contribution in [0.1, 0.15) is 42.6 Å². The molecule has 0 spiro atoms. The number of aliphatic hydroxyl groups is 1. The third-order valence-electron chi connectivity index (χ3n) is 4.18. The molecule has 1 amide bonds. The molecule has 2 atom stereocenters. The molecule has 1 aliphatic rings. The summed E-state index contributed by atoms with van der Waals surface area (Å²) in [5.74, 6) is -2.38. The molecular weight excluding hydrogens is 366 g/mol. The maximum absolute atomic E-state index is 12.4. The predicted octanol–water partition coefficient (Wildman–Crippen LogP) is 1.44. The average Bonchev–Trinajstić information content (AvgIpc) is 2.57. The number of nitrogens with one attached hydrogen (secondary N) is 1. The van der Waals surface area contributed by atoms with Gasteiger partial charge in [-0.1, -0.05) is 17.7 Å². The molecule has 150 valence electrons. The second-order valence-electron chi connectivity index (χ2n) is 6.59. The van der Waals surface area contributed by atoms with Crippen LogP contribution >= 0.6 is 0 Å². The number of carbonyl (C=O) groups is 3. The summed E-state index contributed by atoms with van der Waals surface area (Å²) in [5, 5.41) is 32.6. The van der Waals surface area contributed by atoms with Crippen molar-refractivity contribution in [3.8, 4) is 11.5 Å². The van der Waals surface area contributed by atoms with E-state index in [0.717, 1.165) is 6.07 Å². The van der Waals surface area contributed by atoms with Crippen LogP contribution < -0.4 is 5.32 Å². The molecule has 8 nitrogen and oxygen atoms in total. The Balaban J connectivity index is 2.43. The zero-order valence-electron chi connectivity index (χ0n) is 15.6. The zero-order chi connectivity index (χ0) is 20.8. The van der Waals surface area contributed by atoms with Gasteiger partial charge in [0.2, 0.25) is 5.91 Å². The molecular formula is C20H23NO7. The lowest BCUT2D eigenvalue weighted by Crippen LogP contribution is -2.47. The van der Waals surface area contributed by atoms with Crippen LogP contribution in [-0.4, -0.2) is 51.7 Å². The molecule has 2 rings (SSSR count). The minimum absolute atomic E-state index is 0.0194. The fourth-order valence-corrected chi connectivity index (χ4v) is 2.82. The molecule has 28 heavy (non-hydrogen) atoms. The topological polar surface area (TPSA) is 133 Å². The van der Waals surface area contributed by atoms with Gasteiger partial charge < -0.3 is 25.4 Å². The SMILES string of the molecule is CC(=O)N[C@@H]1C(=O)/C=C(/C)CCOC(=O)c2c(O)cc(O)cc2/C=C/C[C@@H]1O. The second kappa shape index (κ2) is 9.18. The number of amides is 1. The number of hydrogen-bond donors (Lipinski definition) is 4. The summed E-state index contributed by atoms with van der Waals surface area (Å²) >= 11 is 0. The highest BCUT2D eigenvalue weighted by Gasteiger charge is 2.26. The van der Waals surface area contributed by atoms with Crippen molar-refractivity contribution in [2.24, 2.45) is 0 Å². The molecule has 0 radical (unpaired) electrons. The van der Waals surface area contributed by atoms with Crippen LogP contribution in [0, 0.1) is 0 Å². The summed E-state index contributed by atoms with van der Waals surface area (Å²) in [5.41, 5.74) is 0.682. The first-order chi connectivity index (χ1) is 13.2. The highest BCUT2D eigenvalue weighted by Crippen LogP contribution is 2.29. The largest absolute Gasteiger partial charge is 0.508 e. The first-order valence-corrected chi connectivity index (χ1v) is 8.75. The molecule has 1 aromatic rings. The van der Waals surface area contributed by atoms with Crippen LogP contribution in [-0.2, 0) is 14.3 Å². The molecule has 1 aliphatic heterocycles. The Hall–Kier alpha value is -3.13. The first kappa shape index (κ1) is 21.2. The monoisotopic (exact) mass is 389 g/mol. The Bertz CT molecular complexity index is 841. The van der Waals surface area contributed by atoms with Crippen LogP contribution in [0.3, 0.4) is 0 Å². The minimum Gasteiger partial charge on any atom is -0.508 e. The quantitative estimate of drug-likeness (QED) is 0.534. The van der Waals surface area contributed by atoms with Gasteiger partial charge in [0.05, 0.1) is 12.7 Å². The maximum atomic E-state index is 12.4. The Morgan fingerprint density at radius 2 is 1.96 bits per heavy atom. The van der Waals surface area contributed by atoms with Gasteiger partial charge in [0.1, 0.15) is 23.1 Å². The number of rotatable bonds is 1. The van der Waals surface area contributed by atoms with E-state index >= 15 is 0 Å². The summed E-state index contributed by atoms with van der Waals surface area (Å²) in [4.78, 5) is 36.2. The zero-order valence-corrected chi connectivity index (χ0v) is 15.6. The molecule has 0 saturated heterocycles. The number of esters is 1. The van der Waals surface area contributed by atoms with E-state index < -0.39 is 35.6 Å². The number of ether oxygens (including phenoxy) is 1. The summed E-state index contributed by atoms with van der Waals surface area (Å²) in [6.07, 6.45) is 3.22. The van der Waals surface area contributed by atoms with Crippen LogP contribution in [0.25, 0.3) is 6.08 Å². The number of aliphatic hydroxyl groups excluding tert-OH is 1. The molecule has 0 fully saturated rings. The molecule has 0 saturated carbocycles. The highest BCUT2D eigenvalue weighted by atomic mass is 16.5. The number of phenols is 2. The van der Waals surface area contributed by atoms with Crippen molar-refractivity contribution in [1.29, 1.82) is 0 Å². The van der Waals surface area contributed by atoms with E-state index in [4.69, 9.17) is 4.74 Å². The van der Waals surface area contributed by atoms with Crippen LogP contribution in [0.15, 0.2) is 29.9 Å². The van der Waals surface area contributed by atoms with E-state index in [2.05, 4.69) is 5.32 Å². The molecule has 0 bridgehead atoms. The minimum atomic E-state index is -1.21. The second-order valence-corrected chi connectivity index (χ2v) is 6.59. The maximum Gasteiger partial charge on any atom is 0.342 e. The van der Waals surface area contributed by atoms with Crippen molar-refractivity contribution >= 4 is 23.7 Å². The van der Waals surface area contributed by atoms with Gasteiger partial charge in [-0.05, 0) is 31.1 Å². The number of ketones is 1. The van der Waals surface area contributed by atoms with Crippen molar-refractivity contribution in [2.75, 3.05) is 6.61 Å². The van der Waals surface area contributed by atoms with Gasteiger partial charge in [-0.15, -0.1) is 0 Å². The van der Waals surface area contributed by atoms with E-state index in [9.17, 15) is 29.7 Å². The van der Waals surface area contributed by atoms with Gasteiger partial charge in [0.15, 0.2) is 5.78 Å². The Labute approximate surface area is 162 Å². The third-order valence-corrected chi connectivity index (χ3v) is 4.18. The Kier molecular flexibility index (Phi) is 6.94. The number of phenolic OH excluding ortho intramolecular Hbond substituents is 2. The Morgan fingerprint density at radius 1 is 1.25 bits per heavy atom. The summed E-state index contributed by atoms with van der Waals surface area (Å²) in [6.45, 7) is 2.88. The number of hydrogen-bond acceptors (Lipinski definition) is 7. The van der Waals surface area contributed by atoms with Gasteiger partial charge in [-0.25, -0.2) is 4.79 Å². The standard InChI is InChI=1S/C20H23NO7/c1-11-6-7-28-20(27)18-13(9-14(23)10-16(18)25)4-3-5-15(24)19(17(26)8-11)21-12(2)22/h3-4,8-10,15,19,23-25H,5-7H2,1-2H3,(H,21,22)/b4-3+,11-8-/t15-,19-/m0/s1. The Morgan fingerprint density at radius 3 is 2.64 bits per heavy atom. The molecule has 0 unspecified atom stereocenters. The molecule has 8 heteroatoms. The van der Waals surface area contributed by atoms with E-state index in [1.807, 2.05) is 0 Å². The summed E-state index contributed by atoms with van der Waals surface area (Å²) < 4.78 is 5.17. The number of fused-ring (bicyclic) bond motifs is 1. The number of carbonyl (C=O) groups excluding carboxylic acids is 3. The van der Waals surface area contributed by atoms with Crippen LogP contribution in [0.4, 0.5) is 0 Å². The van der Waals surface area contributed by atoms with Gasteiger partial charge in [-0.2, -0.15) is 0 Å². The molecule has 1 aromatic carbocycles. The fourth-order valence-electron chi connectivity index (χ4n) is 2.82. The number of aromatic hydroxyl groups is 2. The van der Waals surface area contributed by atoms with Crippen molar-refractivity contribution in [2.45, 2.75) is 38.8 Å². The lowest BCUT2D eigenvalue weighted by Gasteiger charge is -2.21. The van der Waals surface area contributed by atoms with Gasteiger partial charge in [0, 0.05) is 19.4 Å². The molecule has 4 N–H and O–H groups in total. The normalized spacial score (nSPS) is 24.2. The molecule has 1 heterocycles. The number of benzene rings is 1. The van der Waals surface area contributed by atoms with Gasteiger partial charge in [-0.3, -0.25) is 9.59 Å². The number of cyclic esters (lactones) is 1. The van der Waals surface area contributed by atoms with Crippen molar-refractivity contribution in [3.05, 3.63) is 41.0 Å². The lowest BCUT2D eigenvalue weighted by atomic mass is 9.99. The van der Waals surface area contributed by atoms with Gasteiger partial charge >= 0.3 is 5.97 Å². The van der Waals surface area contributed by atoms with E-state index in [0.29, 0.717) is 5.57 Å². The van der Waals surface area contributed by atoms with Crippen molar-refractivity contribution in [3.63, 3.8) is 0 Å². The lowest BCUT2D eigenvalue weighted by molar-refractivity contribution is -0.126. The van der Waals surface area contributed by atoms with E-state index in [-0.39, 0.29) is 36.3 Å². The first-order valence-electron chi connectivity index (χ1n) is 8.75. The fraction of sp³-hybridized carbons (Fsp3) is 0.350. The van der Waals surface area contributed by atoms with Gasteiger partial charge in [0.25, 0.3) is 0 Å². The van der Waals surface area contributed by atoms with Crippen LogP contribution in [0.2, 0.25) is 0 Å². The highest BCUT2D eigenvalue weighted by molar-refractivity contribution is 5.98. The third kappa shape index (κ3) is 5.43. The summed E-state index contributed by atoms with van der Waals surface area (Å²) in [6, 6.07) is 1.18. The smallest absolute Gasteiger partial charge is 0.342 e.